The minimum Gasteiger partial charge on any atom is -0.478 e. The van der Waals surface area contributed by atoms with Crippen LogP contribution in [-0.2, 0) is 14.4 Å². The predicted molar refractivity (Wildman–Crippen MR) is 41.9 cm³/mol. The summed E-state index contributed by atoms with van der Waals surface area (Å²) in [6, 6.07) is 0. The highest BCUT2D eigenvalue weighted by molar-refractivity contribution is 6.16. The van der Waals surface area contributed by atoms with E-state index in [1.54, 1.807) is 0 Å². The number of carbonyl (C=O) groups is 3. The van der Waals surface area contributed by atoms with Gasteiger partial charge in [0.05, 0.1) is 11.9 Å². The van der Waals surface area contributed by atoms with E-state index in [4.69, 9.17) is 5.11 Å². The fourth-order valence-corrected chi connectivity index (χ4v) is 0.860. The molecule has 13 heavy (non-hydrogen) atoms. The fraction of sp³-hybridized carbons (Fsp3) is 0.143. The van der Waals surface area contributed by atoms with Gasteiger partial charge in [-0.1, -0.05) is 6.58 Å². The number of hydrogen-bond donors (Lipinski definition) is 2. The zero-order valence-corrected chi connectivity index (χ0v) is 6.48. The molecule has 0 aromatic carbocycles. The number of amides is 2. The summed E-state index contributed by atoms with van der Waals surface area (Å²) in [5.41, 5.74) is -0.473. The average Bonchev–Trinajstić information content (AvgIpc) is 2.03. The normalized spacial score (nSPS) is 21.1. The van der Waals surface area contributed by atoms with Gasteiger partial charge in [-0.2, -0.15) is 0 Å². The van der Waals surface area contributed by atoms with Crippen molar-refractivity contribution in [2.75, 3.05) is 0 Å². The SMILES string of the molecule is C=C(C(=O)O)C1C(=O)N=CNC1=O. The third-order valence-corrected chi connectivity index (χ3v) is 1.53. The van der Waals surface area contributed by atoms with E-state index in [0.29, 0.717) is 0 Å². The minimum atomic E-state index is -1.40. The maximum absolute atomic E-state index is 11.0. The van der Waals surface area contributed by atoms with Gasteiger partial charge in [-0.25, -0.2) is 9.79 Å². The monoisotopic (exact) mass is 182 g/mol. The second-order valence-corrected chi connectivity index (χ2v) is 2.37. The van der Waals surface area contributed by atoms with Crippen LogP contribution in [0.2, 0.25) is 0 Å². The number of aliphatic carboxylic acids is 1. The maximum atomic E-state index is 11.0. The molecule has 1 unspecified atom stereocenters. The van der Waals surface area contributed by atoms with Gasteiger partial charge in [0.15, 0.2) is 5.92 Å². The van der Waals surface area contributed by atoms with Gasteiger partial charge in [0.2, 0.25) is 5.91 Å². The molecule has 1 aliphatic rings. The van der Waals surface area contributed by atoms with Gasteiger partial charge in [0.25, 0.3) is 5.91 Å². The van der Waals surface area contributed by atoms with E-state index in [9.17, 15) is 14.4 Å². The zero-order chi connectivity index (χ0) is 10.0. The van der Waals surface area contributed by atoms with Gasteiger partial charge < -0.3 is 10.4 Å². The maximum Gasteiger partial charge on any atom is 0.332 e. The molecule has 0 bridgehead atoms. The number of aliphatic imine (C=N–C) groups is 1. The average molecular weight is 182 g/mol. The highest BCUT2D eigenvalue weighted by atomic mass is 16.4. The Morgan fingerprint density at radius 3 is 2.69 bits per heavy atom. The Hall–Kier alpha value is -1.98. The summed E-state index contributed by atoms with van der Waals surface area (Å²) in [5, 5.41) is 10.6. The number of carbonyl (C=O) groups excluding carboxylic acids is 2. The van der Waals surface area contributed by atoms with E-state index in [1.165, 1.54) is 0 Å². The van der Waals surface area contributed by atoms with Crippen LogP contribution >= 0.6 is 0 Å². The summed E-state index contributed by atoms with van der Waals surface area (Å²) in [7, 11) is 0. The Morgan fingerprint density at radius 1 is 1.62 bits per heavy atom. The topological polar surface area (TPSA) is 95.8 Å². The third kappa shape index (κ3) is 1.61. The van der Waals surface area contributed by atoms with Crippen LogP contribution in [0, 0.1) is 5.92 Å². The summed E-state index contributed by atoms with van der Waals surface area (Å²) < 4.78 is 0. The molecule has 0 fully saturated rings. The first-order chi connectivity index (χ1) is 6.04. The fourth-order valence-electron chi connectivity index (χ4n) is 0.860. The highest BCUT2D eigenvalue weighted by Crippen LogP contribution is 2.13. The van der Waals surface area contributed by atoms with Gasteiger partial charge in [-0.05, 0) is 0 Å². The quantitative estimate of drug-likeness (QED) is 0.419. The molecule has 1 rings (SSSR count). The van der Waals surface area contributed by atoms with Crippen LogP contribution in [0.5, 0.6) is 0 Å². The standard InChI is InChI=1S/C7H6N2O4/c1-3(7(12)13)4-5(10)8-2-9-6(4)11/h2,4H,1H2,(H,12,13)(H,8,9,10,11). The van der Waals surface area contributed by atoms with Crippen LogP contribution < -0.4 is 5.32 Å². The predicted octanol–water partition coefficient (Wildman–Crippen LogP) is -1.07. The molecule has 0 saturated carbocycles. The van der Waals surface area contributed by atoms with Crippen LogP contribution in [0.1, 0.15) is 0 Å². The van der Waals surface area contributed by atoms with Crippen LogP contribution in [0.25, 0.3) is 0 Å². The Bertz CT molecular complexity index is 331. The Balaban J connectivity index is 2.96. The van der Waals surface area contributed by atoms with E-state index in [0.717, 1.165) is 6.34 Å². The van der Waals surface area contributed by atoms with E-state index < -0.39 is 29.3 Å². The van der Waals surface area contributed by atoms with Gasteiger partial charge in [0.1, 0.15) is 0 Å². The molecule has 1 heterocycles. The second kappa shape index (κ2) is 3.18. The van der Waals surface area contributed by atoms with Crippen molar-refractivity contribution in [2.45, 2.75) is 0 Å². The summed E-state index contributed by atoms with van der Waals surface area (Å²) in [4.78, 5) is 35.6. The molecule has 2 N–H and O–H groups in total. The highest BCUT2D eigenvalue weighted by Gasteiger charge is 2.34. The van der Waals surface area contributed by atoms with E-state index in [-0.39, 0.29) is 0 Å². The van der Waals surface area contributed by atoms with E-state index >= 15 is 0 Å². The van der Waals surface area contributed by atoms with Crippen molar-refractivity contribution < 1.29 is 19.5 Å². The number of nitrogens with zero attached hydrogens (tertiary/aromatic N) is 1. The number of hydrogen-bond acceptors (Lipinski definition) is 3. The number of nitrogens with one attached hydrogen (secondary N) is 1. The Kier molecular flexibility index (Phi) is 2.23. The number of carboxylic acid groups (broad SMARTS) is 1. The van der Waals surface area contributed by atoms with E-state index in [2.05, 4.69) is 16.9 Å². The van der Waals surface area contributed by atoms with Gasteiger partial charge in [-0.15, -0.1) is 0 Å². The summed E-state index contributed by atoms with van der Waals surface area (Å²) in [6.07, 6.45) is 0.927. The summed E-state index contributed by atoms with van der Waals surface area (Å²) in [5.74, 6) is -4.31. The molecule has 1 aliphatic heterocycles. The molecule has 0 saturated heterocycles. The molecular formula is C7H6N2O4. The molecule has 2 amide bonds. The van der Waals surface area contributed by atoms with Gasteiger partial charge in [-0.3, -0.25) is 9.59 Å². The Morgan fingerprint density at radius 2 is 2.23 bits per heavy atom. The van der Waals surface area contributed by atoms with Crippen LogP contribution in [0.15, 0.2) is 17.1 Å². The lowest BCUT2D eigenvalue weighted by atomic mass is 9.98. The molecule has 0 aromatic rings. The molecule has 0 aliphatic carbocycles. The molecule has 68 valence electrons. The lowest BCUT2D eigenvalue weighted by Gasteiger charge is -2.14. The Labute approximate surface area is 73.0 Å². The third-order valence-electron chi connectivity index (χ3n) is 1.53. The van der Waals surface area contributed by atoms with Crippen molar-refractivity contribution >= 4 is 24.1 Å². The first-order valence-corrected chi connectivity index (χ1v) is 3.33. The van der Waals surface area contributed by atoms with Crippen LogP contribution in [0.3, 0.4) is 0 Å². The van der Waals surface area contributed by atoms with Gasteiger partial charge in [0, 0.05) is 0 Å². The number of rotatable bonds is 2. The van der Waals surface area contributed by atoms with Crippen molar-refractivity contribution in [1.29, 1.82) is 0 Å². The zero-order valence-electron chi connectivity index (χ0n) is 6.48. The molecule has 6 heteroatoms. The van der Waals surface area contributed by atoms with Crippen LogP contribution in [-0.4, -0.2) is 29.2 Å². The smallest absolute Gasteiger partial charge is 0.332 e. The molecular weight excluding hydrogens is 176 g/mol. The number of carboxylic acids is 1. The minimum absolute atomic E-state index is 0.473. The first kappa shape index (κ1) is 9.11. The van der Waals surface area contributed by atoms with Crippen molar-refractivity contribution in [3.05, 3.63) is 12.2 Å². The molecule has 6 nitrogen and oxygen atoms in total. The van der Waals surface area contributed by atoms with Crippen molar-refractivity contribution in [3.8, 4) is 0 Å². The second-order valence-electron chi connectivity index (χ2n) is 2.37. The molecule has 0 radical (unpaired) electrons. The van der Waals surface area contributed by atoms with Crippen molar-refractivity contribution in [3.63, 3.8) is 0 Å². The van der Waals surface area contributed by atoms with Crippen molar-refractivity contribution in [2.24, 2.45) is 10.9 Å². The first-order valence-electron chi connectivity index (χ1n) is 3.33. The largest absolute Gasteiger partial charge is 0.478 e. The molecule has 0 aromatic heterocycles. The lowest BCUT2D eigenvalue weighted by molar-refractivity contribution is -0.139. The summed E-state index contributed by atoms with van der Waals surface area (Å²) in [6.45, 7) is 3.12. The van der Waals surface area contributed by atoms with Gasteiger partial charge >= 0.3 is 5.97 Å². The van der Waals surface area contributed by atoms with E-state index in [1.807, 2.05) is 0 Å². The summed E-state index contributed by atoms with van der Waals surface area (Å²) >= 11 is 0. The molecule has 1 atom stereocenters. The van der Waals surface area contributed by atoms with Crippen LogP contribution in [0.4, 0.5) is 0 Å². The van der Waals surface area contributed by atoms with Crippen molar-refractivity contribution in [1.82, 2.24) is 5.32 Å². The lowest BCUT2D eigenvalue weighted by Crippen LogP contribution is -2.40. The molecule has 0 spiro atoms.